The summed E-state index contributed by atoms with van der Waals surface area (Å²) in [6, 6.07) is 20.2. The van der Waals surface area contributed by atoms with Gasteiger partial charge in [-0.3, -0.25) is 19.7 Å². The van der Waals surface area contributed by atoms with Crippen LogP contribution in [0.2, 0.25) is 0 Å². The standard InChI is InChI=1S/C25H22N4O4/c1-16-5-4-6-21(15-16)28-24(30)22(17-7-11-20(12-8-17)29(32)33)23(25(28)31)26-18-9-13-19(14-10-18)27(2)3/h4-15,26H,1-3H3. The van der Waals surface area contributed by atoms with Crippen LogP contribution >= 0.6 is 0 Å². The third kappa shape index (κ3) is 4.18. The van der Waals surface area contributed by atoms with Crippen LogP contribution in [0.5, 0.6) is 0 Å². The van der Waals surface area contributed by atoms with E-state index in [-0.39, 0.29) is 17.0 Å². The minimum atomic E-state index is -0.510. The number of non-ortho nitro benzene ring substituents is 1. The van der Waals surface area contributed by atoms with Crippen molar-refractivity contribution in [1.82, 2.24) is 0 Å². The van der Waals surface area contributed by atoms with Gasteiger partial charge in [0, 0.05) is 37.6 Å². The van der Waals surface area contributed by atoms with Gasteiger partial charge in [-0.1, -0.05) is 12.1 Å². The first-order valence-corrected chi connectivity index (χ1v) is 10.2. The maximum absolute atomic E-state index is 13.5. The Kier molecular flexibility index (Phi) is 5.66. The van der Waals surface area contributed by atoms with Gasteiger partial charge in [-0.2, -0.15) is 0 Å². The predicted molar refractivity (Wildman–Crippen MR) is 128 cm³/mol. The highest BCUT2D eigenvalue weighted by atomic mass is 16.6. The number of carbonyl (C=O) groups excluding carboxylic acids is 2. The lowest BCUT2D eigenvalue weighted by Gasteiger charge is -2.16. The number of nitro groups is 1. The van der Waals surface area contributed by atoms with Crippen LogP contribution in [0.15, 0.2) is 78.5 Å². The van der Waals surface area contributed by atoms with Gasteiger partial charge in [-0.05, 0) is 66.6 Å². The van der Waals surface area contributed by atoms with Crippen molar-refractivity contribution in [1.29, 1.82) is 0 Å². The van der Waals surface area contributed by atoms with Gasteiger partial charge in [-0.25, -0.2) is 4.90 Å². The highest BCUT2D eigenvalue weighted by Gasteiger charge is 2.40. The molecule has 4 rings (SSSR count). The summed E-state index contributed by atoms with van der Waals surface area (Å²) in [7, 11) is 3.85. The van der Waals surface area contributed by atoms with E-state index >= 15 is 0 Å². The molecule has 33 heavy (non-hydrogen) atoms. The van der Waals surface area contributed by atoms with Gasteiger partial charge in [0.05, 0.1) is 16.2 Å². The second-order valence-electron chi connectivity index (χ2n) is 7.91. The molecule has 8 nitrogen and oxygen atoms in total. The molecule has 0 aliphatic carbocycles. The molecular weight excluding hydrogens is 420 g/mol. The van der Waals surface area contributed by atoms with Crippen LogP contribution in [-0.2, 0) is 9.59 Å². The average Bonchev–Trinajstić information content (AvgIpc) is 3.03. The third-order valence-electron chi connectivity index (χ3n) is 5.36. The normalized spacial score (nSPS) is 13.5. The topological polar surface area (TPSA) is 95.8 Å². The van der Waals surface area contributed by atoms with E-state index in [2.05, 4.69) is 5.32 Å². The zero-order valence-corrected chi connectivity index (χ0v) is 18.4. The number of imide groups is 1. The summed E-state index contributed by atoms with van der Waals surface area (Å²) < 4.78 is 0. The molecule has 8 heteroatoms. The molecule has 1 aliphatic heterocycles. The molecule has 0 aromatic heterocycles. The highest BCUT2D eigenvalue weighted by molar-refractivity contribution is 6.46. The monoisotopic (exact) mass is 442 g/mol. The van der Waals surface area contributed by atoms with Crippen molar-refractivity contribution in [3.05, 3.63) is 99.7 Å². The first-order chi connectivity index (χ1) is 15.8. The molecule has 0 saturated carbocycles. The van der Waals surface area contributed by atoms with Crippen LogP contribution in [0, 0.1) is 17.0 Å². The fourth-order valence-corrected chi connectivity index (χ4v) is 3.65. The minimum absolute atomic E-state index is 0.0968. The predicted octanol–water partition coefficient (Wildman–Crippen LogP) is 4.37. The van der Waals surface area contributed by atoms with Crippen molar-refractivity contribution in [3.8, 4) is 0 Å². The number of rotatable bonds is 6. The van der Waals surface area contributed by atoms with E-state index in [1.807, 2.05) is 56.3 Å². The fraction of sp³-hybridized carbons (Fsp3) is 0.120. The number of carbonyl (C=O) groups is 2. The van der Waals surface area contributed by atoms with Crippen molar-refractivity contribution in [2.24, 2.45) is 0 Å². The van der Waals surface area contributed by atoms with Crippen molar-refractivity contribution < 1.29 is 14.5 Å². The van der Waals surface area contributed by atoms with Gasteiger partial charge >= 0.3 is 0 Å². The second-order valence-corrected chi connectivity index (χ2v) is 7.91. The SMILES string of the molecule is Cc1cccc(N2C(=O)C(Nc3ccc(N(C)C)cc3)=C(c3ccc([N+](=O)[O-])cc3)C2=O)c1. The summed E-state index contributed by atoms with van der Waals surface area (Å²) in [5.74, 6) is -0.984. The maximum Gasteiger partial charge on any atom is 0.282 e. The number of anilines is 3. The van der Waals surface area contributed by atoms with Crippen LogP contribution in [0.4, 0.5) is 22.7 Å². The molecule has 166 valence electrons. The van der Waals surface area contributed by atoms with E-state index in [1.54, 1.807) is 18.2 Å². The molecule has 0 atom stereocenters. The summed E-state index contributed by atoms with van der Waals surface area (Å²) in [4.78, 5) is 40.5. The number of hydrogen-bond donors (Lipinski definition) is 1. The molecule has 0 fully saturated rings. The Morgan fingerprint density at radius 2 is 1.58 bits per heavy atom. The van der Waals surface area contributed by atoms with Gasteiger partial charge in [-0.15, -0.1) is 0 Å². The number of nitro benzene ring substituents is 1. The Morgan fingerprint density at radius 3 is 2.15 bits per heavy atom. The first kappa shape index (κ1) is 21.8. The van der Waals surface area contributed by atoms with Crippen molar-refractivity contribution in [2.75, 3.05) is 29.2 Å². The molecule has 3 aromatic rings. The summed E-state index contributed by atoms with van der Waals surface area (Å²) in [6.07, 6.45) is 0. The molecule has 1 heterocycles. The van der Waals surface area contributed by atoms with Gasteiger partial charge in [0.1, 0.15) is 5.70 Å². The Morgan fingerprint density at radius 1 is 0.909 bits per heavy atom. The molecular formula is C25H22N4O4. The Bertz CT molecular complexity index is 1280. The molecule has 1 aliphatic rings. The zero-order valence-electron chi connectivity index (χ0n) is 18.4. The molecule has 1 N–H and O–H groups in total. The molecule has 0 bridgehead atoms. The molecule has 0 radical (unpaired) electrons. The van der Waals surface area contributed by atoms with Crippen molar-refractivity contribution in [3.63, 3.8) is 0 Å². The van der Waals surface area contributed by atoms with Crippen molar-refractivity contribution in [2.45, 2.75) is 6.92 Å². The van der Waals surface area contributed by atoms with E-state index in [9.17, 15) is 19.7 Å². The maximum atomic E-state index is 13.5. The van der Waals surface area contributed by atoms with Crippen LogP contribution in [0.1, 0.15) is 11.1 Å². The lowest BCUT2D eigenvalue weighted by atomic mass is 10.0. The number of amides is 2. The van der Waals surface area contributed by atoms with Crippen molar-refractivity contribution >= 4 is 40.1 Å². The van der Waals surface area contributed by atoms with E-state index in [0.717, 1.165) is 16.2 Å². The Labute approximate surface area is 190 Å². The van der Waals surface area contributed by atoms with Gasteiger partial charge in [0.15, 0.2) is 0 Å². The summed E-state index contributed by atoms with van der Waals surface area (Å²) >= 11 is 0. The molecule has 3 aromatic carbocycles. The lowest BCUT2D eigenvalue weighted by Crippen LogP contribution is -2.32. The van der Waals surface area contributed by atoms with Crippen LogP contribution < -0.4 is 15.1 Å². The molecule has 2 amide bonds. The fourth-order valence-electron chi connectivity index (χ4n) is 3.65. The number of aryl methyl sites for hydroxylation is 1. The number of nitrogens with one attached hydrogen (secondary N) is 1. The number of benzene rings is 3. The highest BCUT2D eigenvalue weighted by Crippen LogP contribution is 2.34. The number of hydrogen-bond acceptors (Lipinski definition) is 6. The quantitative estimate of drug-likeness (QED) is 0.346. The molecule has 0 saturated heterocycles. The van der Waals surface area contributed by atoms with E-state index in [1.165, 1.54) is 24.3 Å². The van der Waals surface area contributed by atoms with E-state index in [4.69, 9.17) is 0 Å². The lowest BCUT2D eigenvalue weighted by molar-refractivity contribution is -0.384. The zero-order chi connectivity index (χ0) is 23.7. The second kappa shape index (κ2) is 8.58. The Balaban J connectivity index is 1.79. The molecule has 0 spiro atoms. The largest absolute Gasteiger partial charge is 0.378 e. The average molecular weight is 442 g/mol. The Hall–Kier alpha value is -4.46. The van der Waals surface area contributed by atoms with Crippen LogP contribution in [0.25, 0.3) is 5.57 Å². The third-order valence-corrected chi connectivity index (χ3v) is 5.36. The van der Waals surface area contributed by atoms with Crippen LogP contribution in [-0.4, -0.2) is 30.8 Å². The minimum Gasteiger partial charge on any atom is -0.378 e. The summed E-state index contributed by atoms with van der Waals surface area (Å²) in [6.45, 7) is 1.88. The van der Waals surface area contributed by atoms with Gasteiger partial charge in [0.25, 0.3) is 17.5 Å². The smallest absolute Gasteiger partial charge is 0.282 e. The molecule has 0 unspecified atom stereocenters. The number of nitrogens with zero attached hydrogens (tertiary/aromatic N) is 3. The van der Waals surface area contributed by atoms with E-state index in [0.29, 0.717) is 16.9 Å². The summed E-state index contributed by atoms with van der Waals surface area (Å²) in [5.41, 5.74) is 3.60. The van der Waals surface area contributed by atoms with E-state index < -0.39 is 16.7 Å². The van der Waals surface area contributed by atoms with Gasteiger partial charge in [0.2, 0.25) is 0 Å². The summed E-state index contributed by atoms with van der Waals surface area (Å²) in [5, 5.41) is 14.2. The van der Waals surface area contributed by atoms with Gasteiger partial charge < -0.3 is 10.2 Å². The first-order valence-electron chi connectivity index (χ1n) is 10.2. The van der Waals surface area contributed by atoms with Crippen LogP contribution in [0.3, 0.4) is 0 Å².